The van der Waals surface area contributed by atoms with Gasteiger partial charge < -0.3 is 15.3 Å². The molecule has 2 fully saturated rings. The second-order valence-corrected chi connectivity index (χ2v) is 9.42. The van der Waals surface area contributed by atoms with Crippen LogP contribution in [0.3, 0.4) is 0 Å². The largest absolute Gasteiger partial charge is 0.396 e. The maximum Gasteiger partial charge on any atom is 0.244 e. The van der Waals surface area contributed by atoms with Crippen LogP contribution in [0.2, 0.25) is 0 Å². The number of pyridine rings is 1. The Bertz CT molecular complexity index is 774. The number of amides is 1. The molecular weight excluding hydrogens is 424 g/mol. The molecular formula is C16H23BrN4O4S. The number of sulfonamides is 1. The van der Waals surface area contributed by atoms with E-state index in [4.69, 9.17) is 0 Å². The summed E-state index contributed by atoms with van der Waals surface area (Å²) in [6.45, 7) is 1.51. The Morgan fingerprint density at radius 3 is 2.92 bits per heavy atom. The summed E-state index contributed by atoms with van der Waals surface area (Å²) in [5, 5.41) is 12.2. The molecule has 0 spiro atoms. The molecule has 1 aromatic heterocycles. The van der Waals surface area contributed by atoms with Gasteiger partial charge in [0.05, 0.1) is 0 Å². The molecule has 0 aromatic carbocycles. The van der Waals surface area contributed by atoms with Crippen LogP contribution in [0.15, 0.2) is 21.6 Å². The number of anilines is 1. The number of hydrogen-bond acceptors (Lipinski definition) is 6. The van der Waals surface area contributed by atoms with E-state index in [0.717, 1.165) is 12.8 Å². The minimum atomic E-state index is -3.79. The van der Waals surface area contributed by atoms with E-state index in [1.807, 2.05) is 4.90 Å². The van der Waals surface area contributed by atoms with Crippen molar-refractivity contribution in [2.75, 3.05) is 31.1 Å². The Morgan fingerprint density at radius 2 is 2.23 bits per heavy atom. The molecule has 2 aliphatic heterocycles. The summed E-state index contributed by atoms with van der Waals surface area (Å²) in [5.41, 5.74) is 0. The highest BCUT2D eigenvalue weighted by atomic mass is 79.9. The number of nitrogens with zero attached hydrogens (tertiary/aromatic N) is 2. The van der Waals surface area contributed by atoms with Crippen molar-refractivity contribution in [1.29, 1.82) is 0 Å². The first-order valence-electron chi connectivity index (χ1n) is 8.69. The fourth-order valence-electron chi connectivity index (χ4n) is 3.37. The molecule has 0 unspecified atom stereocenters. The first kappa shape index (κ1) is 19.5. The quantitative estimate of drug-likeness (QED) is 0.590. The lowest BCUT2D eigenvalue weighted by molar-refractivity contribution is -0.119. The van der Waals surface area contributed by atoms with E-state index in [-0.39, 0.29) is 35.9 Å². The van der Waals surface area contributed by atoms with Gasteiger partial charge in [0.25, 0.3) is 0 Å². The van der Waals surface area contributed by atoms with Crippen molar-refractivity contribution in [3.8, 4) is 0 Å². The van der Waals surface area contributed by atoms with Crippen molar-refractivity contribution in [2.24, 2.45) is 5.92 Å². The number of aliphatic hydroxyl groups is 1. The van der Waals surface area contributed by atoms with E-state index in [0.29, 0.717) is 36.2 Å². The highest BCUT2D eigenvalue weighted by Gasteiger charge is 2.29. The van der Waals surface area contributed by atoms with Gasteiger partial charge in [-0.1, -0.05) is 0 Å². The van der Waals surface area contributed by atoms with Crippen molar-refractivity contribution in [1.82, 2.24) is 15.0 Å². The second-order valence-electron chi connectivity index (χ2n) is 6.77. The molecule has 8 nitrogen and oxygen atoms in total. The zero-order valence-corrected chi connectivity index (χ0v) is 16.7. The number of piperidine rings is 1. The molecule has 26 heavy (non-hydrogen) atoms. The van der Waals surface area contributed by atoms with Crippen molar-refractivity contribution < 1.29 is 18.3 Å². The normalized spacial score (nSPS) is 23.9. The molecule has 1 aromatic rings. The molecule has 2 atom stereocenters. The summed E-state index contributed by atoms with van der Waals surface area (Å²) in [6, 6.07) is 1.36. The van der Waals surface area contributed by atoms with Crippen molar-refractivity contribution in [3.63, 3.8) is 0 Å². The number of rotatable bonds is 6. The fraction of sp³-hybridized carbons (Fsp3) is 0.625. The van der Waals surface area contributed by atoms with Crippen LogP contribution >= 0.6 is 15.9 Å². The maximum atomic E-state index is 12.9. The average Bonchev–Trinajstić information content (AvgIpc) is 3.05. The van der Waals surface area contributed by atoms with E-state index in [1.165, 1.54) is 0 Å². The molecule has 2 aliphatic rings. The van der Waals surface area contributed by atoms with E-state index in [9.17, 15) is 18.3 Å². The molecule has 2 saturated heterocycles. The predicted molar refractivity (Wildman–Crippen MR) is 100 cm³/mol. The Balaban J connectivity index is 1.81. The molecule has 3 heterocycles. The summed E-state index contributed by atoms with van der Waals surface area (Å²) in [5.74, 6) is 0.461. The van der Waals surface area contributed by atoms with Gasteiger partial charge >= 0.3 is 0 Å². The Kier molecular flexibility index (Phi) is 6.16. The monoisotopic (exact) mass is 446 g/mol. The molecule has 0 bridgehead atoms. The third-order valence-corrected chi connectivity index (χ3v) is 6.63. The van der Waals surface area contributed by atoms with Gasteiger partial charge in [0.1, 0.15) is 10.7 Å². The van der Waals surface area contributed by atoms with E-state index >= 15 is 0 Å². The van der Waals surface area contributed by atoms with E-state index in [2.05, 4.69) is 31.0 Å². The van der Waals surface area contributed by atoms with E-state index < -0.39 is 10.0 Å². The minimum Gasteiger partial charge on any atom is -0.396 e. The topological polar surface area (TPSA) is 112 Å². The molecule has 1 amide bonds. The molecule has 3 rings (SSSR count). The van der Waals surface area contributed by atoms with Crippen LogP contribution in [0.25, 0.3) is 0 Å². The van der Waals surface area contributed by atoms with Crippen LogP contribution in [-0.2, 0) is 14.8 Å². The molecule has 0 aliphatic carbocycles. The van der Waals surface area contributed by atoms with Gasteiger partial charge in [0, 0.05) is 49.4 Å². The molecule has 144 valence electrons. The van der Waals surface area contributed by atoms with Gasteiger partial charge in [-0.05, 0) is 47.2 Å². The first-order valence-corrected chi connectivity index (χ1v) is 11.0. The molecule has 10 heteroatoms. The van der Waals surface area contributed by atoms with Crippen LogP contribution in [0.5, 0.6) is 0 Å². The number of nitrogens with one attached hydrogen (secondary N) is 2. The molecule has 0 radical (unpaired) electrons. The molecule has 0 saturated carbocycles. The SMILES string of the molecule is O=C1CC[C@@H](CNS(=O)(=O)c2cc(Br)cnc2N2CCC[C@@H](CO)C2)N1. The maximum absolute atomic E-state index is 12.9. The van der Waals surface area contributed by atoms with Crippen LogP contribution in [-0.4, -0.2) is 56.7 Å². The highest BCUT2D eigenvalue weighted by molar-refractivity contribution is 9.10. The lowest BCUT2D eigenvalue weighted by atomic mass is 9.99. The van der Waals surface area contributed by atoms with Crippen LogP contribution in [0, 0.1) is 5.92 Å². The first-order chi connectivity index (χ1) is 12.4. The van der Waals surface area contributed by atoms with Gasteiger partial charge in [-0.2, -0.15) is 0 Å². The summed E-state index contributed by atoms with van der Waals surface area (Å²) in [6.07, 6.45) is 4.42. The van der Waals surface area contributed by atoms with Crippen molar-refractivity contribution in [3.05, 3.63) is 16.7 Å². The number of carbonyl (C=O) groups excluding carboxylic acids is 1. The summed E-state index contributed by atoms with van der Waals surface area (Å²) in [4.78, 5) is 17.6. The van der Waals surface area contributed by atoms with Crippen molar-refractivity contribution in [2.45, 2.75) is 36.6 Å². The van der Waals surface area contributed by atoms with Crippen LogP contribution in [0.1, 0.15) is 25.7 Å². The summed E-state index contributed by atoms with van der Waals surface area (Å²) >= 11 is 3.29. The highest BCUT2D eigenvalue weighted by Crippen LogP contribution is 2.29. The zero-order chi connectivity index (χ0) is 18.7. The lowest BCUT2D eigenvalue weighted by Gasteiger charge is -2.33. The Labute approximate surface area is 161 Å². The zero-order valence-electron chi connectivity index (χ0n) is 14.3. The third-order valence-electron chi connectivity index (χ3n) is 4.77. The van der Waals surface area contributed by atoms with Crippen LogP contribution in [0.4, 0.5) is 5.82 Å². The van der Waals surface area contributed by atoms with Crippen LogP contribution < -0.4 is 14.9 Å². The summed E-state index contributed by atoms with van der Waals surface area (Å²) in [7, 11) is -3.79. The smallest absolute Gasteiger partial charge is 0.244 e. The predicted octanol–water partition coefficient (Wildman–Crippen LogP) is 0.610. The lowest BCUT2D eigenvalue weighted by Crippen LogP contribution is -2.40. The van der Waals surface area contributed by atoms with Gasteiger partial charge in [-0.3, -0.25) is 4.79 Å². The fourth-order valence-corrected chi connectivity index (χ4v) is 5.14. The van der Waals surface area contributed by atoms with E-state index in [1.54, 1.807) is 12.3 Å². The van der Waals surface area contributed by atoms with Gasteiger partial charge in [-0.15, -0.1) is 0 Å². The second kappa shape index (κ2) is 8.20. The van der Waals surface area contributed by atoms with Gasteiger partial charge in [-0.25, -0.2) is 18.1 Å². The standard InChI is InChI=1S/C16H23BrN4O4S/c17-12-6-14(26(24,25)19-8-13-3-4-15(23)20-13)16(18-7-12)21-5-1-2-11(9-21)10-22/h6-7,11,13,19,22H,1-5,8-10H2,(H,20,23)/t11-,13+/m1/s1. The van der Waals surface area contributed by atoms with Gasteiger partial charge in [0.15, 0.2) is 0 Å². The third kappa shape index (κ3) is 4.54. The summed E-state index contributed by atoms with van der Waals surface area (Å²) < 4.78 is 28.9. The number of hydrogen-bond donors (Lipinski definition) is 3. The van der Waals surface area contributed by atoms with Crippen molar-refractivity contribution >= 4 is 37.7 Å². The minimum absolute atomic E-state index is 0.0534. The number of aliphatic hydroxyl groups excluding tert-OH is 1. The average molecular weight is 447 g/mol. The molecule has 3 N–H and O–H groups in total. The number of carbonyl (C=O) groups is 1. The Morgan fingerprint density at radius 1 is 1.42 bits per heavy atom. The number of aromatic nitrogens is 1. The number of halogens is 1. The Hall–Kier alpha value is -1.23. The van der Waals surface area contributed by atoms with Gasteiger partial charge in [0.2, 0.25) is 15.9 Å².